The molecule has 2 aromatic rings. The maximum Gasteiger partial charge on any atom is 0.251 e. The molecule has 0 bridgehead atoms. The van der Waals surface area contributed by atoms with Crippen LogP contribution in [0.3, 0.4) is 0 Å². The highest BCUT2D eigenvalue weighted by atomic mass is 19.1. The van der Waals surface area contributed by atoms with Crippen LogP contribution in [0, 0.1) is 12.7 Å². The lowest BCUT2D eigenvalue weighted by molar-refractivity contribution is 0.0951. The Morgan fingerprint density at radius 1 is 1.14 bits per heavy atom. The number of aryl methyl sites for hydroxylation is 1. The lowest BCUT2D eigenvalue weighted by atomic mass is 10.1. The topological polar surface area (TPSA) is 72.2 Å². The fourth-order valence-electron chi connectivity index (χ4n) is 1.84. The molecule has 0 heterocycles. The first kappa shape index (κ1) is 14.7. The number of amides is 2. The molecule has 2 amide bonds. The zero-order valence-corrected chi connectivity index (χ0v) is 11.5. The summed E-state index contributed by atoms with van der Waals surface area (Å²) in [7, 11) is 0. The van der Waals surface area contributed by atoms with E-state index in [1.807, 2.05) is 0 Å². The van der Waals surface area contributed by atoms with Gasteiger partial charge in [-0.05, 0) is 42.3 Å². The SMILES string of the molecule is Cc1ccc(CNC(=O)c2cccc(C(N)=O)c2)cc1F. The number of primary amides is 1. The van der Waals surface area contributed by atoms with E-state index in [9.17, 15) is 14.0 Å². The third kappa shape index (κ3) is 3.66. The summed E-state index contributed by atoms with van der Waals surface area (Å²) in [6, 6.07) is 10.9. The molecule has 21 heavy (non-hydrogen) atoms. The summed E-state index contributed by atoms with van der Waals surface area (Å²) in [5.74, 6) is -1.25. The fraction of sp³-hybridized carbons (Fsp3) is 0.125. The summed E-state index contributed by atoms with van der Waals surface area (Å²) in [6.45, 7) is 1.88. The number of halogens is 1. The maximum atomic E-state index is 13.4. The zero-order valence-electron chi connectivity index (χ0n) is 11.5. The predicted octanol–water partition coefficient (Wildman–Crippen LogP) is 2.16. The number of benzene rings is 2. The Kier molecular flexibility index (Phi) is 4.33. The number of nitrogens with two attached hydrogens (primary N) is 1. The van der Waals surface area contributed by atoms with Crippen LogP contribution in [0.25, 0.3) is 0 Å². The van der Waals surface area contributed by atoms with Crippen LogP contribution in [-0.4, -0.2) is 11.8 Å². The third-order valence-electron chi connectivity index (χ3n) is 3.10. The second-order valence-corrected chi connectivity index (χ2v) is 4.71. The highest BCUT2D eigenvalue weighted by Gasteiger charge is 2.08. The molecule has 0 aromatic heterocycles. The van der Waals surface area contributed by atoms with Crippen LogP contribution < -0.4 is 11.1 Å². The van der Waals surface area contributed by atoms with Crippen molar-refractivity contribution in [2.24, 2.45) is 5.73 Å². The molecule has 2 rings (SSSR count). The molecule has 0 atom stereocenters. The van der Waals surface area contributed by atoms with Gasteiger partial charge in [-0.15, -0.1) is 0 Å². The van der Waals surface area contributed by atoms with Gasteiger partial charge in [0.25, 0.3) is 5.91 Å². The molecular weight excluding hydrogens is 271 g/mol. The summed E-state index contributed by atoms with van der Waals surface area (Å²) >= 11 is 0. The number of hydrogen-bond donors (Lipinski definition) is 2. The van der Waals surface area contributed by atoms with E-state index in [1.165, 1.54) is 18.2 Å². The average Bonchev–Trinajstić information content (AvgIpc) is 2.48. The van der Waals surface area contributed by atoms with Crippen molar-refractivity contribution in [2.75, 3.05) is 0 Å². The Balaban J connectivity index is 2.06. The zero-order chi connectivity index (χ0) is 15.4. The fourth-order valence-corrected chi connectivity index (χ4v) is 1.84. The summed E-state index contributed by atoms with van der Waals surface area (Å²) < 4.78 is 13.4. The van der Waals surface area contributed by atoms with E-state index in [1.54, 1.807) is 31.2 Å². The molecule has 108 valence electrons. The van der Waals surface area contributed by atoms with Crippen molar-refractivity contribution in [3.63, 3.8) is 0 Å². The van der Waals surface area contributed by atoms with Gasteiger partial charge in [-0.2, -0.15) is 0 Å². The first-order chi connectivity index (χ1) is 9.97. The molecule has 0 aliphatic carbocycles. The molecule has 5 heteroatoms. The first-order valence-corrected chi connectivity index (χ1v) is 6.40. The van der Waals surface area contributed by atoms with E-state index < -0.39 is 5.91 Å². The Morgan fingerprint density at radius 2 is 1.86 bits per heavy atom. The molecule has 4 nitrogen and oxygen atoms in total. The predicted molar refractivity (Wildman–Crippen MR) is 77.3 cm³/mol. The van der Waals surface area contributed by atoms with Gasteiger partial charge in [-0.1, -0.05) is 18.2 Å². The quantitative estimate of drug-likeness (QED) is 0.904. The van der Waals surface area contributed by atoms with Gasteiger partial charge in [0.15, 0.2) is 0 Å². The van der Waals surface area contributed by atoms with Crippen molar-refractivity contribution in [3.05, 3.63) is 70.5 Å². The van der Waals surface area contributed by atoms with Gasteiger partial charge in [-0.3, -0.25) is 9.59 Å². The van der Waals surface area contributed by atoms with Gasteiger partial charge in [0, 0.05) is 17.7 Å². The summed E-state index contributed by atoms with van der Waals surface area (Å²) in [5, 5.41) is 2.67. The van der Waals surface area contributed by atoms with Crippen molar-refractivity contribution in [1.29, 1.82) is 0 Å². The third-order valence-corrected chi connectivity index (χ3v) is 3.10. The molecule has 0 saturated heterocycles. The number of hydrogen-bond acceptors (Lipinski definition) is 2. The molecule has 0 aliphatic rings. The number of carbonyl (C=O) groups excluding carboxylic acids is 2. The van der Waals surface area contributed by atoms with E-state index in [0.29, 0.717) is 16.7 Å². The molecule has 0 spiro atoms. The van der Waals surface area contributed by atoms with Crippen LogP contribution in [0.1, 0.15) is 31.8 Å². The van der Waals surface area contributed by atoms with E-state index >= 15 is 0 Å². The van der Waals surface area contributed by atoms with Crippen LogP contribution in [-0.2, 0) is 6.54 Å². The number of carbonyl (C=O) groups is 2. The molecule has 0 fully saturated rings. The van der Waals surface area contributed by atoms with E-state index in [2.05, 4.69) is 5.32 Å². The van der Waals surface area contributed by atoms with Gasteiger partial charge >= 0.3 is 0 Å². The normalized spacial score (nSPS) is 10.2. The smallest absolute Gasteiger partial charge is 0.251 e. The van der Waals surface area contributed by atoms with E-state index in [0.717, 1.165) is 0 Å². The van der Waals surface area contributed by atoms with Crippen molar-refractivity contribution in [2.45, 2.75) is 13.5 Å². The van der Waals surface area contributed by atoms with Crippen molar-refractivity contribution < 1.29 is 14.0 Å². The highest BCUT2D eigenvalue weighted by molar-refractivity contribution is 5.99. The monoisotopic (exact) mass is 286 g/mol. The minimum Gasteiger partial charge on any atom is -0.366 e. The molecule has 0 aliphatic heterocycles. The Morgan fingerprint density at radius 3 is 2.52 bits per heavy atom. The summed E-state index contributed by atoms with van der Waals surface area (Å²) in [6.07, 6.45) is 0. The van der Waals surface area contributed by atoms with Crippen LogP contribution in [0.5, 0.6) is 0 Å². The van der Waals surface area contributed by atoms with Crippen molar-refractivity contribution in [1.82, 2.24) is 5.32 Å². The van der Waals surface area contributed by atoms with Crippen molar-refractivity contribution in [3.8, 4) is 0 Å². The molecule has 0 saturated carbocycles. The Hall–Kier alpha value is -2.69. The van der Waals surface area contributed by atoms with E-state index in [4.69, 9.17) is 5.73 Å². The van der Waals surface area contributed by atoms with Crippen LogP contribution in [0.4, 0.5) is 4.39 Å². The highest BCUT2D eigenvalue weighted by Crippen LogP contribution is 2.10. The lowest BCUT2D eigenvalue weighted by Gasteiger charge is -2.07. The number of rotatable bonds is 4. The second kappa shape index (κ2) is 6.17. The van der Waals surface area contributed by atoms with Gasteiger partial charge in [0.1, 0.15) is 5.82 Å². The van der Waals surface area contributed by atoms with Gasteiger partial charge in [-0.25, -0.2) is 4.39 Å². The molecular formula is C16H15FN2O2. The molecule has 2 aromatic carbocycles. The van der Waals surface area contributed by atoms with Crippen LogP contribution >= 0.6 is 0 Å². The summed E-state index contributed by atoms with van der Waals surface area (Å²) in [4.78, 5) is 23.1. The largest absolute Gasteiger partial charge is 0.366 e. The number of nitrogens with one attached hydrogen (secondary N) is 1. The Labute approximate surface area is 121 Å². The minimum absolute atomic E-state index is 0.205. The lowest BCUT2D eigenvalue weighted by Crippen LogP contribution is -2.23. The molecule has 0 radical (unpaired) electrons. The van der Waals surface area contributed by atoms with Gasteiger partial charge in [0.2, 0.25) is 5.91 Å². The first-order valence-electron chi connectivity index (χ1n) is 6.40. The van der Waals surface area contributed by atoms with Crippen LogP contribution in [0.15, 0.2) is 42.5 Å². The minimum atomic E-state index is -0.592. The standard InChI is InChI=1S/C16H15FN2O2/c1-10-5-6-11(7-14(10)17)9-19-16(21)13-4-2-3-12(8-13)15(18)20/h2-8H,9H2,1H3,(H2,18,20)(H,19,21). The van der Waals surface area contributed by atoms with Crippen molar-refractivity contribution >= 4 is 11.8 Å². The Bertz CT molecular complexity index is 698. The second-order valence-electron chi connectivity index (χ2n) is 4.71. The van der Waals surface area contributed by atoms with Gasteiger partial charge in [0.05, 0.1) is 0 Å². The average molecular weight is 286 g/mol. The summed E-state index contributed by atoms with van der Waals surface area (Å²) in [5.41, 5.74) is 6.99. The molecule has 0 unspecified atom stereocenters. The molecule has 3 N–H and O–H groups in total. The van der Waals surface area contributed by atoms with Crippen LogP contribution in [0.2, 0.25) is 0 Å². The maximum absolute atomic E-state index is 13.4. The van der Waals surface area contributed by atoms with E-state index in [-0.39, 0.29) is 23.8 Å². The van der Waals surface area contributed by atoms with Gasteiger partial charge < -0.3 is 11.1 Å².